The van der Waals surface area contributed by atoms with Crippen molar-refractivity contribution in [1.82, 2.24) is 0 Å². The Morgan fingerprint density at radius 3 is 2.15 bits per heavy atom. The Morgan fingerprint density at radius 1 is 1.05 bits per heavy atom. The van der Waals surface area contributed by atoms with Gasteiger partial charge in [-0.15, -0.1) is 0 Å². The van der Waals surface area contributed by atoms with Gasteiger partial charge in [0, 0.05) is 5.56 Å². The lowest BCUT2D eigenvalue weighted by atomic mass is 9.74. The van der Waals surface area contributed by atoms with Crippen LogP contribution in [-0.2, 0) is 5.41 Å². The molecule has 2 rings (SSSR count). The Morgan fingerprint density at radius 2 is 1.65 bits per heavy atom. The third-order valence-electron chi connectivity index (χ3n) is 4.66. The van der Waals surface area contributed by atoms with E-state index in [2.05, 4.69) is 46.8 Å². The van der Waals surface area contributed by atoms with Crippen molar-refractivity contribution in [2.45, 2.75) is 84.0 Å². The van der Waals surface area contributed by atoms with E-state index in [0.717, 1.165) is 5.56 Å². The summed E-state index contributed by atoms with van der Waals surface area (Å²) >= 11 is 0. The van der Waals surface area contributed by atoms with Gasteiger partial charge in [0.25, 0.3) is 0 Å². The minimum atomic E-state index is 0.00175. The quantitative estimate of drug-likeness (QED) is 0.716. The van der Waals surface area contributed by atoms with Crippen LogP contribution in [0.1, 0.15) is 95.2 Å². The molecule has 0 atom stereocenters. The van der Waals surface area contributed by atoms with Crippen molar-refractivity contribution < 1.29 is 5.11 Å². The third-order valence-corrected chi connectivity index (χ3v) is 4.66. The Balaban J connectivity index is 2.53. The molecule has 1 fully saturated rings. The second kappa shape index (κ2) is 5.79. The van der Waals surface area contributed by atoms with Gasteiger partial charge in [-0.05, 0) is 41.2 Å². The molecule has 0 aromatic heterocycles. The van der Waals surface area contributed by atoms with Crippen molar-refractivity contribution in [2.75, 3.05) is 0 Å². The molecule has 0 radical (unpaired) electrons. The molecule has 1 saturated carbocycles. The zero-order valence-corrected chi connectivity index (χ0v) is 13.8. The Kier molecular flexibility index (Phi) is 4.46. The van der Waals surface area contributed by atoms with Crippen LogP contribution in [0.5, 0.6) is 5.75 Å². The number of aromatic hydroxyl groups is 1. The molecular weight excluding hydrogens is 244 g/mol. The zero-order chi connectivity index (χ0) is 14.9. The summed E-state index contributed by atoms with van der Waals surface area (Å²) in [6, 6.07) is 4.45. The van der Waals surface area contributed by atoms with E-state index in [4.69, 9.17) is 0 Å². The molecule has 0 amide bonds. The zero-order valence-electron chi connectivity index (χ0n) is 13.8. The average molecular weight is 274 g/mol. The van der Waals surface area contributed by atoms with Gasteiger partial charge in [0.15, 0.2) is 0 Å². The second-order valence-corrected chi connectivity index (χ2v) is 7.71. The van der Waals surface area contributed by atoms with Crippen molar-refractivity contribution in [1.29, 1.82) is 0 Å². The highest BCUT2D eigenvalue weighted by Crippen LogP contribution is 2.44. The lowest BCUT2D eigenvalue weighted by molar-refractivity contribution is 0.412. The van der Waals surface area contributed by atoms with Crippen LogP contribution in [0.25, 0.3) is 0 Å². The van der Waals surface area contributed by atoms with Gasteiger partial charge in [0.2, 0.25) is 0 Å². The van der Waals surface area contributed by atoms with Crippen molar-refractivity contribution in [3.05, 3.63) is 28.8 Å². The van der Waals surface area contributed by atoms with E-state index in [1.165, 1.54) is 43.2 Å². The maximum absolute atomic E-state index is 10.8. The predicted octanol–water partition coefficient (Wildman–Crippen LogP) is 5.86. The number of phenols is 1. The van der Waals surface area contributed by atoms with Crippen LogP contribution in [0.15, 0.2) is 12.1 Å². The summed E-state index contributed by atoms with van der Waals surface area (Å²) in [5.74, 6) is 1.57. The first-order valence-electron chi connectivity index (χ1n) is 8.18. The molecule has 1 N–H and O–H groups in total. The molecule has 0 saturated heterocycles. The normalized spacial score (nSPS) is 17.7. The highest BCUT2D eigenvalue weighted by molar-refractivity contribution is 5.51. The van der Waals surface area contributed by atoms with Gasteiger partial charge in [-0.1, -0.05) is 66.0 Å². The van der Waals surface area contributed by atoms with Gasteiger partial charge >= 0.3 is 0 Å². The fourth-order valence-corrected chi connectivity index (χ4v) is 3.63. The van der Waals surface area contributed by atoms with Crippen molar-refractivity contribution in [3.8, 4) is 5.75 Å². The van der Waals surface area contributed by atoms with Crippen LogP contribution >= 0.6 is 0 Å². The fourth-order valence-electron chi connectivity index (χ4n) is 3.63. The summed E-state index contributed by atoms with van der Waals surface area (Å²) in [4.78, 5) is 0. The number of hydrogen-bond donors (Lipinski definition) is 1. The van der Waals surface area contributed by atoms with E-state index in [-0.39, 0.29) is 5.41 Å². The first-order chi connectivity index (χ1) is 9.32. The molecule has 1 aliphatic carbocycles. The molecule has 1 aliphatic rings. The Bertz CT molecular complexity index is 459. The molecule has 0 aliphatic heterocycles. The van der Waals surface area contributed by atoms with Crippen LogP contribution in [0, 0.1) is 0 Å². The molecule has 1 aromatic rings. The highest BCUT2D eigenvalue weighted by atomic mass is 16.3. The Labute approximate surface area is 124 Å². The molecule has 20 heavy (non-hydrogen) atoms. The van der Waals surface area contributed by atoms with Crippen LogP contribution < -0.4 is 0 Å². The molecule has 0 heterocycles. The fraction of sp³-hybridized carbons (Fsp3) is 0.684. The SMILES string of the molecule is CC(C)c1ccc(C2CCCCC2)c(C(C)(C)C)c1O. The van der Waals surface area contributed by atoms with Gasteiger partial charge in [0.1, 0.15) is 5.75 Å². The summed E-state index contributed by atoms with van der Waals surface area (Å²) in [5, 5.41) is 10.8. The molecule has 0 bridgehead atoms. The van der Waals surface area contributed by atoms with Crippen LogP contribution in [0.3, 0.4) is 0 Å². The predicted molar refractivity (Wildman–Crippen MR) is 86.7 cm³/mol. The third kappa shape index (κ3) is 3.02. The lowest BCUT2D eigenvalue weighted by Gasteiger charge is -2.31. The van der Waals surface area contributed by atoms with Gasteiger partial charge in [-0.3, -0.25) is 0 Å². The molecule has 1 nitrogen and oxygen atoms in total. The molecule has 112 valence electrons. The Hall–Kier alpha value is -0.980. The number of hydrogen-bond acceptors (Lipinski definition) is 1. The van der Waals surface area contributed by atoms with E-state index < -0.39 is 0 Å². The molecule has 0 spiro atoms. The van der Waals surface area contributed by atoms with Gasteiger partial charge in [0.05, 0.1) is 0 Å². The van der Waals surface area contributed by atoms with E-state index in [1.807, 2.05) is 0 Å². The summed E-state index contributed by atoms with van der Waals surface area (Å²) in [5.41, 5.74) is 3.69. The molecule has 1 aromatic carbocycles. The lowest BCUT2D eigenvalue weighted by Crippen LogP contribution is -2.18. The number of benzene rings is 1. The van der Waals surface area contributed by atoms with Gasteiger partial charge in [-0.2, -0.15) is 0 Å². The monoisotopic (exact) mass is 274 g/mol. The highest BCUT2D eigenvalue weighted by Gasteiger charge is 2.28. The standard InChI is InChI=1S/C19H30O/c1-13(2)15-11-12-16(14-9-7-6-8-10-14)17(18(15)20)19(3,4)5/h11-14,20H,6-10H2,1-5H3. The molecule has 1 heteroatoms. The molecular formula is C19H30O. The van der Waals surface area contributed by atoms with Gasteiger partial charge in [-0.25, -0.2) is 0 Å². The minimum absolute atomic E-state index is 0.00175. The topological polar surface area (TPSA) is 20.2 Å². The van der Waals surface area contributed by atoms with E-state index in [9.17, 15) is 5.11 Å². The average Bonchev–Trinajstić information content (AvgIpc) is 2.37. The van der Waals surface area contributed by atoms with Crippen LogP contribution in [-0.4, -0.2) is 5.11 Å². The summed E-state index contributed by atoms with van der Waals surface area (Å²) in [6.07, 6.45) is 6.60. The van der Waals surface area contributed by atoms with Crippen molar-refractivity contribution in [2.24, 2.45) is 0 Å². The number of phenolic OH excluding ortho intramolecular Hbond substituents is 1. The van der Waals surface area contributed by atoms with Crippen molar-refractivity contribution >= 4 is 0 Å². The van der Waals surface area contributed by atoms with Gasteiger partial charge < -0.3 is 5.11 Å². The van der Waals surface area contributed by atoms with Crippen LogP contribution in [0.2, 0.25) is 0 Å². The smallest absolute Gasteiger partial charge is 0.123 e. The first kappa shape index (κ1) is 15.4. The summed E-state index contributed by atoms with van der Waals surface area (Å²) < 4.78 is 0. The van der Waals surface area contributed by atoms with E-state index >= 15 is 0 Å². The number of rotatable bonds is 2. The maximum atomic E-state index is 10.8. The minimum Gasteiger partial charge on any atom is -0.507 e. The first-order valence-corrected chi connectivity index (χ1v) is 8.18. The van der Waals surface area contributed by atoms with E-state index in [0.29, 0.717) is 17.6 Å². The van der Waals surface area contributed by atoms with Crippen molar-refractivity contribution in [3.63, 3.8) is 0 Å². The molecule has 0 unspecified atom stereocenters. The van der Waals surface area contributed by atoms with Crippen LogP contribution in [0.4, 0.5) is 0 Å². The largest absolute Gasteiger partial charge is 0.507 e. The van der Waals surface area contributed by atoms with E-state index in [1.54, 1.807) is 0 Å². The maximum Gasteiger partial charge on any atom is 0.123 e. The summed E-state index contributed by atoms with van der Waals surface area (Å²) in [6.45, 7) is 11.0. The summed E-state index contributed by atoms with van der Waals surface area (Å²) in [7, 11) is 0. The second-order valence-electron chi connectivity index (χ2n) is 7.71.